The Hall–Kier alpha value is -3.86. The first-order valence-corrected chi connectivity index (χ1v) is 17.3. The van der Waals surface area contributed by atoms with Crippen molar-refractivity contribution in [1.82, 2.24) is 4.98 Å². The number of aromatic nitrogens is 1. The van der Waals surface area contributed by atoms with Gasteiger partial charge in [0.25, 0.3) is 0 Å². The van der Waals surface area contributed by atoms with Crippen molar-refractivity contribution in [2.24, 2.45) is 17.8 Å². The maximum Gasteiger partial charge on any atom is 0.331 e. The molecule has 10 unspecified atom stereocenters. The van der Waals surface area contributed by atoms with Crippen LogP contribution in [0.25, 0.3) is 6.08 Å². The maximum atomic E-state index is 12.8. The summed E-state index contributed by atoms with van der Waals surface area (Å²) >= 11 is 0. The van der Waals surface area contributed by atoms with Crippen LogP contribution >= 0.6 is 0 Å². The third-order valence-electron chi connectivity index (χ3n) is 8.50. The van der Waals surface area contributed by atoms with E-state index < -0.39 is 42.4 Å². The predicted octanol–water partition coefficient (Wildman–Crippen LogP) is 6.72. The van der Waals surface area contributed by atoms with Gasteiger partial charge in [0.05, 0.1) is 36.4 Å². The number of hydrogen-bond donors (Lipinski definition) is 4. The molecule has 274 valence electrons. The van der Waals surface area contributed by atoms with Crippen molar-refractivity contribution in [2.45, 2.75) is 96.9 Å². The second-order valence-corrected chi connectivity index (χ2v) is 13.0. The molecular formula is C41H57NO8. The number of aliphatic hydroxyl groups excluding tert-OH is 4. The number of carbonyl (C=O) groups is 1. The molecule has 1 aliphatic rings. The minimum Gasteiger partial charge on any atom is -0.458 e. The molecule has 0 aromatic carbocycles. The summed E-state index contributed by atoms with van der Waals surface area (Å²) in [6.45, 7) is 11.1. The number of ether oxygens (including phenoxy) is 2. The van der Waals surface area contributed by atoms with Crippen molar-refractivity contribution < 1.29 is 39.1 Å². The summed E-state index contributed by atoms with van der Waals surface area (Å²) in [5, 5.41) is 41.8. The maximum absolute atomic E-state index is 12.8. The fourth-order valence-corrected chi connectivity index (χ4v) is 5.43. The molecule has 9 heteroatoms. The average molecular weight is 692 g/mol. The third-order valence-corrected chi connectivity index (χ3v) is 8.50. The molecule has 0 aliphatic carbocycles. The number of hydrogen-bond acceptors (Lipinski definition) is 9. The number of oxazole rings is 1. The van der Waals surface area contributed by atoms with Gasteiger partial charge in [-0.05, 0) is 26.3 Å². The molecule has 50 heavy (non-hydrogen) atoms. The lowest BCUT2D eigenvalue weighted by Gasteiger charge is -2.31. The van der Waals surface area contributed by atoms with Crippen LogP contribution in [0.2, 0.25) is 0 Å². The molecule has 1 aliphatic heterocycles. The summed E-state index contributed by atoms with van der Waals surface area (Å²) in [5.74, 6) is -1.10. The standard InChI is InChI=1S/C41H57NO8/c1-28-18-12-8-11-15-23-39(47)50-40(32(5)37(46)25-31(4)43)29(2)19-13-9-10-14-21-35(44)26-38(48-7)33(6)41-42-34(27-49-41)20-16-17-22-36(45)30(3)24-28/h8-24,27,29-33,35-38,40,43-46H,25-26H2,1-7H3. The number of aliphatic hydroxyl groups is 4. The lowest BCUT2D eigenvalue weighted by atomic mass is 9.86. The van der Waals surface area contributed by atoms with Crippen LogP contribution in [0.15, 0.2) is 113 Å². The van der Waals surface area contributed by atoms with E-state index in [-0.39, 0.29) is 30.3 Å². The van der Waals surface area contributed by atoms with Crippen LogP contribution in [0.4, 0.5) is 0 Å². The lowest BCUT2D eigenvalue weighted by molar-refractivity contribution is -0.150. The number of rotatable bonds is 5. The van der Waals surface area contributed by atoms with E-state index in [1.165, 1.54) is 6.08 Å². The SMILES string of the molecule is COC1CC(O)C=CC=CC=CC(C)C(C(C)C(O)CC(C)O)OC(=O)C=CC=CC=CC(C)=CC(C)C(O)C=CC=Cc2coc(n2)C1C. The van der Waals surface area contributed by atoms with Crippen LogP contribution in [0.5, 0.6) is 0 Å². The summed E-state index contributed by atoms with van der Waals surface area (Å²) in [6.07, 6.45) is 27.9. The van der Waals surface area contributed by atoms with Gasteiger partial charge in [-0.3, -0.25) is 0 Å². The van der Waals surface area contributed by atoms with E-state index in [1.54, 1.807) is 94.1 Å². The Labute approximate surface area is 298 Å². The average Bonchev–Trinajstić information content (AvgIpc) is 3.55. The Morgan fingerprint density at radius 1 is 0.860 bits per heavy atom. The quantitative estimate of drug-likeness (QED) is 0.248. The van der Waals surface area contributed by atoms with E-state index in [0.29, 0.717) is 18.0 Å². The van der Waals surface area contributed by atoms with E-state index >= 15 is 0 Å². The second kappa shape index (κ2) is 22.8. The molecule has 0 spiro atoms. The van der Waals surface area contributed by atoms with Crippen LogP contribution in [0.1, 0.15) is 71.9 Å². The topological polar surface area (TPSA) is 142 Å². The van der Waals surface area contributed by atoms with Crippen LogP contribution in [-0.2, 0) is 14.3 Å². The molecule has 0 saturated heterocycles. The molecule has 0 radical (unpaired) electrons. The van der Waals surface area contributed by atoms with Gasteiger partial charge < -0.3 is 34.3 Å². The Balaban J connectivity index is 2.33. The first kappa shape index (κ1) is 42.3. The summed E-state index contributed by atoms with van der Waals surface area (Å²) in [7, 11) is 1.59. The number of cyclic esters (lactones) is 1. The van der Waals surface area contributed by atoms with Gasteiger partial charge in [0, 0.05) is 37.4 Å². The molecule has 2 bridgehead atoms. The van der Waals surface area contributed by atoms with E-state index in [4.69, 9.17) is 13.9 Å². The summed E-state index contributed by atoms with van der Waals surface area (Å²) < 4.78 is 17.2. The van der Waals surface area contributed by atoms with E-state index in [2.05, 4.69) is 4.98 Å². The predicted molar refractivity (Wildman–Crippen MR) is 199 cm³/mol. The zero-order valence-electron chi connectivity index (χ0n) is 30.4. The van der Waals surface area contributed by atoms with Crippen molar-refractivity contribution in [2.75, 3.05) is 7.11 Å². The molecule has 10 atom stereocenters. The van der Waals surface area contributed by atoms with Crippen LogP contribution < -0.4 is 0 Å². The molecule has 0 saturated carbocycles. The van der Waals surface area contributed by atoms with E-state index in [1.807, 2.05) is 58.1 Å². The number of allylic oxidation sites excluding steroid dienone is 12. The molecule has 2 rings (SSSR count). The smallest absolute Gasteiger partial charge is 0.331 e. The fraction of sp³-hybridized carbons (Fsp3) is 0.463. The Morgan fingerprint density at radius 2 is 1.48 bits per heavy atom. The second-order valence-electron chi connectivity index (χ2n) is 13.0. The molecule has 4 N–H and O–H groups in total. The number of methoxy groups -OCH3 is 1. The molecule has 2 heterocycles. The third kappa shape index (κ3) is 15.8. The Morgan fingerprint density at radius 3 is 2.16 bits per heavy atom. The highest BCUT2D eigenvalue weighted by molar-refractivity contribution is 5.82. The first-order valence-electron chi connectivity index (χ1n) is 17.3. The van der Waals surface area contributed by atoms with Gasteiger partial charge in [-0.25, -0.2) is 9.78 Å². The van der Waals surface area contributed by atoms with Gasteiger partial charge in [0.2, 0.25) is 0 Å². The van der Waals surface area contributed by atoms with Crippen molar-refractivity contribution >= 4 is 12.0 Å². The van der Waals surface area contributed by atoms with E-state index in [9.17, 15) is 25.2 Å². The molecule has 1 aromatic heterocycles. The van der Waals surface area contributed by atoms with Gasteiger partial charge >= 0.3 is 5.97 Å². The number of esters is 1. The van der Waals surface area contributed by atoms with Gasteiger partial charge in [0.1, 0.15) is 18.1 Å². The van der Waals surface area contributed by atoms with Gasteiger partial charge in [-0.1, -0.05) is 124 Å². The Bertz CT molecular complexity index is 1430. The lowest BCUT2D eigenvalue weighted by Crippen LogP contribution is -2.38. The largest absolute Gasteiger partial charge is 0.458 e. The molecule has 9 nitrogen and oxygen atoms in total. The summed E-state index contributed by atoms with van der Waals surface area (Å²) in [6, 6.07) is 0. The van der Waals surface area contributed by atoms with Crippen molar-refractivity contribution in [3.63, 3.8) is 0 Å². The van der Waals surface area contributed by atoms with Crippen molar-refractivity contribution in [3.05, 3.63) is 121 Å². The highest BCUT2D eigenvalue weighted by atomic mass is 16.5. The highest BCUT2D eigenvalue weighted by Gasteiger charge is 2.31. The van der Waals surface area contributed by atoms with Gasteiger partial charge in [-0.15, -0.1) is 0 Å². The zero-order valence-corrected chi connectivity index (χ0v) is 30.4. The van der Waals surface area contributed by atoms with Gasteiger partial charge in [0.15, 0.2) is 5.89 Å². The van der Waals surface area contributed by atoms with Crippen LogP contribution in [0.3, 0.4) is 0 Å². The highest BCUT2D eigenvalue weighted by Crippen LogP contribution is 2.26. The van der Waals surface area contributed by atoms with Crippen molar-refractivity contribution in [1.29, 1.82) is 0 Å². The molecule has 0 amide bonds. The Kier molecular flexibility index (Phi) is 19.3. The molecular weight excluding hydrogens is 634 g/mol. The monoisotopic (exact) mass is 691 g/mol. The van der Waals surface area contributed by atoms with E-state index in [0.717, 1.165) is 5.57 Å². The fourth-order valence-electron chi connectivity index (χ4n) is 5.43. The summed E-state index contributed by atoms with van der Waals surface area (Å²) in [4.78, 5) is 17.3. The summed E-state index contributed by atoms with van der Waals surface area (Å²) in [5.41, 5.74) is 1.60. The first-order chi connectivity index (χ1) is 23.8. The molecule has 1 aromatic rings. The number of nitrogens with zero attached hydrogens (tertiary/aromatic N) is 1. The van der Waals surface area contributed by atoms with Crippen LogP contribution in [-0.4, -0.2) is 75.1 Å². The minimum atomic E-state index is -0.873. The normalized spacial score (nSPS) is 28.4. The number of carbonyl (C=O) groups excluding carboxylic acids is 1. The minimum absolute atomic E-state index is 0.134. The molecule has 0 fully saturated rings. The van der Waals surface area contributed by atoms with Crippen molar-refractivity contribution in [3.8, 4) is 0 Å². The van der Waals surface area contributed by atoms with Crippen LogP contribution in [0, 0.1) is 17.8 Å². The number of fused-ring (bicyclic) bond motifs is 2. The van der Waals surface area contributed by atoms with Gasteiger partial charge in [-0.2, -0.15) is 0 Å². The zero-order chi connectivity index (χ0) is 37.1.